The van der Waals surface area contributed by atoms with Crippen LogP contribution in [0.2, 0.25) is 0 Å². The van der Waals surface area contributed by atoms with Crippen LogP contribution in [0.25, 0.3) is 0 Å². The topological polar surface area (TPSA) is 3.24 Å². The van der Waals surface area contributed by atoms with Gasteiger partial charge in [0, 0.05) is 20.3 Å². The normalized spacial score (nSPS) is 20.2. The predicted octanol–water partition coefficient (Wildman–Crippen LogP) is 4.06. The Morgan fingerprint density at radius 3 is 2.00 bits per heavy atom. The van der Waals surface area contributed by atoms with Gasteiger partial charge in [-0.3, -0.25) is 0 Å². The minimum atomic E-state index is 1.33. The molecule has 0 fully saturated rings. The molecule has 0 unspecified atom stereocenters. The largest absolute Gasteiger partial charge is 0.383 e. The van der Waals surface area contributed by atoms with E-state index in [2.05, 4.69) is 65.9 Å². The smallest absolute Gasteiger partial charge is 0.00557 e. The fraction of sp³-hybridized carbons (Fsp3) is 0.467. The van der Waals surface area contributed by atoms with Gasteiger partial charge in [-0.15, -0.1) is 0 Å². The Hall–Kier alpha value is -1.24. The molecule has 1 rings (SSSR count). The van der Waals surface area contributed by atoms with Crippen LogP contribution in [0.5, 0.6) is 0 Å². The van der Waals surface area contributed by atoms with Gasteiger partial charge in [0.05, 0.1) is 0 Å². The summed E-state index contributed by atoms with van der Waals surface area (Å²) in [4.78, 5) is 2.09. The van der Waals surface area contributed by atoms with Gasteiger partial charge in [-0.1, -0.05) is 6.08 Å². The van der Waals surface area contributed by atoms with Crippen LogP contribution in [0.1, 0.15) is 34.6 Å². The summed E-state index contributed by atoms with van der Waals surface area (Å²) in [5.41, 5.74) is 8.34. The zero-order valence-corrected chi connectivity index (χ0v) is 11.6. The van der Waals surface area contributed by atoms with Gasteiger partial charge in [0.25, 0.3) is 0 Å². The predicted molar refractivity (Wildman–Crippen MR) is 72.3 cm³/mol. The second-order valence-electron chi connectivity index (χ2n) is 4.89. The number of nitrogens with zero attached hydrogens (tertiary/aromatic N) is 1. The van der Waals surface area contributed by atoms with E-state index in [4.69, 9.17) is 0 Å². The van der Waals surface area contributed by atoms with Crippen molar-refractivity contribution in [2.45, 2.75) is 34.6 Å². The molecule has 0 radical (unpaired) electrons. The van der Waals surface area contributed by atoms with Crippen LogP contribution in [0, 0.1) is 0 Å². The van der Waals surface area contributed by atoms with E-state index < -0.39 is 0 Å². The zero-order chi connectivity index (χ0) is 12.5. The molecule has 0 atom stereocenters. The first-order chi connectivity index (χ1) is 7.34. The van der Waals surface area contributed by atoms with Gasteiger partial charge < -0.3 is 4.90 Å². The van der Waals surface area contributed by atoms with Gasteiger partial charge in [0.15, 0.2) is 0 Å². The number of allylic oxidation sites excluding steroid dienone is 7. The molecular formula is C15H23N. The summed E-state index contributed by atoms with van der Waals surface area (Å²) in [7, 11) is 4.12. The van der Waals surface area contributed by atoms with E-state index in [1.54, 1.807) is 0 Å². The van der Waals surface area contributed by atoms with E-state index in [0.29, 0.717) is 0 Å². The molecule has 0 aromatic carbocycles. The third-order valence-corrected chi connectivity index (χ3v) is 3.37. The van der Waals surface area contributed by atoms with Gasteiger partial charge in [0.1, 0.15) is 0 Å². The standard InChI is InChI=1S/C15H23N/c1-10-8-15(14(5)12(10)3)13(4)11(2)9-16(6)7/h8-9H,1-7H3/b11-9+,15-13+. The van der Waals surface area contributed by atoms with E-state index in [1.807, 2.05) is 0 Å². The Kier molecular flexibility index (Phi) is 3.79. The Bertz CT molecular complexity index is 415. The maximum atomic E-state index is 2.30. The quantitative estimate of drug-likeness (QED) is 0.674. The Balaban J connectivity index is 3.19. The molecule has 0 spiro atoms. The van der Waals surface area contributed by atoms with E-state index in [9.17, 15) is 0 Å². The Morgan fingerprint density at radius 2 is 1.62 bits per heavy atom. The molecule has 1 aliphatic rings. The molecule has 1 heteroatoms. The molecule has 0 amide bonds. The van der Waals surface area contributed by atoms with Crippen LogP contribution in [0.4, 0.5) is 0 Å². The molecule has 0 aromatic rings. The molecule has 0 saturated carbocycles. The second kappa shape index (κ2) is 4.73. The lowest BCUT2D eigenvalue weighted by Crippen LogP contribution is -2.03. The fourth-order valence-electron chi connectivity index (χ4n) is 2.02. The highest BCUT2D eigenvalue weighted by Crippen LogP contribution is 2.33. The Morgan fingerprint density at radius 1 is 1.06 bits per heavy atom. The van der Waals surface area contributed by atoms with Gasteiger partial charge in [-0.05, 0) is 68.1 Å². The highest BCUT2D eigenvalue weighted by molar-refractivity contribution is 5.60. The first-order valence-electron chi connectivity index (χ1n) is 5.77. The maximum absolute atomic E-state index is 2.30. The molecule has 0 N–H and O–H groups in total. The van der Waals surface area contributed by atoms with Crippen molar-refractivity contribution in [2.24, 2.45) is 0 Å². The first-order valence-corrected chi connectivity index (χ1v) is 5.77. The molecule has 16 heavy (non-hydrogen) atoms. The highest BCUT2D eigenvalue weighted by Gasteiger charge is 2.14. The van der Waals surface area contributed by atoms with Crippen LogP contribution in [-0.4, -0.2) is 19.0 Å². The molecular weight excluding hydrogens is 194 g/mol. The molecule has 0 aliphatic heterocycles. The van der Waals surface area contributed by atoms with Crippen molar-refractivity contribution in [2.75, 3.05) is 14.1 Å². The van der Waals surface area contributed by atoms with E-state index in [1.165, 1.54) is 33.4 Å². The van der Waals surface area contributed by atoms with Gasteiger partial charge in [-0.2, -0.15) is 0 Å². The monoisotopic (exact) mass is 217 g/mol. The van der Waals surface area contributed by atoms with Crippen molar-refractivity contribution in [3.8, 4) is 0 Å². The summed E-state index contributed by atoms with van der Waals surface area (Å²) in [6.45, 7) is 11.0. The van der Waals surface area contributed by atoms with E-state index >= 15 is 0 Å². The number of hydrogen-bond donors (Lipinski definition) is 0. The average Bonchev–Trinajstić information content (AvgIpc) is 2.44. The molecule has 0 aromatic heterocycles. The van der Waals surface area contributed by atoms with Gasteiger partial charge >= 0.3 is 0 Å². The van der Waals surface area contributed by atoms with Crippen molar-refractivity contribution in [1.29, 1.82) is 0 Å². The molecule has 0 bridgehead atoms. The van der Waals surface area contributed by atoms with Crippen LogP contribution in [-0.2, 0) is 0 Å². The summed E-state index contributed by atoms with van der Waals surface area (Å²) < 4.78 is 0. The van der Waals surface area contributed by atoms with Crippen LogP contribution >= 0.6 is 0 Å². The summed E-state index contributed by atoms with van der Waals surface area (Å²) in [6, 6.07) is 0. The van der Waals surface area contributed by atoms with Crippen LogP contribution in [0.3, 0.4) is 0 Å². The zero-order valence-electron chi connectivity index (χ0n) is 11.6. The summed E-state index contributed by atoms with van der Waals surface area (Å²) >= 11 is 0. The van der Waals surface area contributed by atoms with Gasteiger partial charge in [-0.25, -0.2) is 0 Å². The lowest BCUT2D eigenvalue weighted by molar-refractivity contribution is 0.559. The minimum absolute atomic E-state index is 1.33. The van der Waals surface area contributed by atoms with Crippen molar-refractivity contribution < 1.29 is 0 Å². The molecule has 88 valence electrons. The Labute approximate surface area is 99.8 Å². The van der Waals surface area contributed by atoms with Crippen molar-refractivity contribution >= 4 is 0 Å². The summed E-state index contributed by atoms with van der Waals surface area (Å²) in [6.07, 6.45) is 4.47. The van der Waals surface area contributed by atoms with Crippen LogP contribution in [0.15, 0.2) is 45.7 Å². The number of rotatable bonds is 2. The first kappa shape index (κ1) is 12.8. The lowest BCUT2D eigenvalue weighted by atomic mass is 9.99. The van der Waals surface area contributed by atoms with Crippen LogP contribution < -0.4 is 0 Å². The molecule has 0 heterocycles. The molecule has 1 nitrogen and oxygen atoms in total. The van der Waals surface area contributed by atoms with E-state index in [0.717, 1.165) is 0 Å². The third kappa shape index (κ3) is 2.46. The highest BCUT2D eigenvalue weighted by atomic mass is 15.0. The summed E-state index contributed by atoms with van der Waals surface area (Å²) in [5, 5.41) is 0. The maximum Gasteiger partial charge on any atom is 0.00557 e. The SMILES string of the molecule is CC1=C/C(=C(C)\C(C)=C\N(C)C)C(C)=C1C. The van der Waals surface area contributed by atoms with Crippen molar-refractivity contribution in [3.63, 3.8) is 0 Å². The van der Waals surface area contributed by atoms with Crippen molar-refractivity contribution in [3.05, 3.63) is 45.7 Å². The van der Waals surface area contributed by atoms with E-state index in [-0.39, 0.29) is 0 Å². The second-order valence-corrected chi connectivity index (χ2v) is 4.89. The van der Waals surface area contributed by atoms with Gasteiger partial charge in [0.2, 0.25) is 0 Å². The molecule has 0 saturated heterocycles. The molecule has 1 aliphatic carbocycles. The van der Waals surface area contributed by atoms with Crippen molar-refractivity contribution in [1.82, 2.24) is 4.90 Å². The number of hydrogen-bond acceptors (Lipinski definition) is 1. The third-order valence-electron chi connectivity index (χ3n) is 3.37. The lowest BCUT2D eigenvalue weighted by Gasteiger charge is -2.11. The summed E-state index contributed by atoms with van der Waals surface area (Å²) in [5.74, 6) is 0. The fourth-order valence-corrected chi connectivity index (χ4v) is 2.02. The average molecular weight is 217 g/mol. The minimum Gasteiger partial charge on any atom is -0.383 e.